The molecule has 9 heteroatoms. The smallest absolute Gasteiger partial charge is 0.253 e. The molecule has 0 atom stereocenters. The molecule has 0 spiro atoms. The predicted octanol–water partition coefficient (Wildman–Crippen LogP) is 0.765. The fourth-order valence-electron chi connectivity index (χ4n) is 1.49. The Morgan fingerprint density at radius 3 is 1.19 bits per heavy atom. The number of sulfonamides is 2. The summed E-state index contributed by atoms with van der Waals surface area (Å²) in [5.74, 6) is -0.286. The van der Waals surface area contributed by atoms with Crippen molar-refractivity contribution in [2.75, 3.05) is 0 Å². The van der Waals surface area contributed by atoms with Crippen LogP contribution in [0.1, 0.15) is 0 Å². The zero-order chi connectivity index (χ0) is 15.7. The van der Waals surface area contributed by atoms with Gasteiger partial charge in [-0.05, 0) is 48.5 Å². The molecule has 21 heavy (non-hydrogen) atoms. The minimum Gasteiger partial charge on any atom is -0.508 e. The molecule has 0 aliphatic rings. The maximum Gasteiger partial charge on any atom is 0.253 e. The fraction of sp³-hybridized carbons (Fsp3) is 0. The highest BCUT2D eigenvalue weighted by molar-refractivity contribution is 8.04. The summed E-state index contributed by atoms with van der Waals surface area (Å²) in [6, 6.07) is 8.80. The lowest BCUT2D eigenvalue weighted by Gasteiger charge is -2.08. The minimum absolute atomic E-state index is 0.143. The van der Waals surface area contributed by atoms with Gasteiger partial charge in [0.1, 0.15) is 11.5 Å². The van der Waals surface area contributed by atoms with Gasteiger partial charge in [-0.1, -0.05) is 0 Å². The first-order valence-corrected chi connectivity index (χ1v) is 8.54. The SMILES string of the molecule is O=S(=O)(NS(=O)(=O)c1ccc(O)cc1)c1ccc(O)cc1. The average molecular weight is 329 g/mol. The first-order chi connectivity index (χ1) is 9.71. The van der Waals surface area contributed by atoms with Crippen molar-refractivity contribution in [1.29, 1.82) is 0 Å². The van der Waals surface area contributed by atoms with Crippen molar-refractivity contribution in [2.24, 2.45) is 0 Å². The van der Waals surface area contributed by atoms with Crippen molar-refractivity contribution < 1.29 is 27.0 Å². The molecule has 2 rings (SSSR count). The maximum absolute atomic E-state index is 12.0. The van der Waals surface area contributed by atoms with Gasteiger partial charge in [0.2, 0.25) is 0 Å². The topological polar surface area (TPSA) is 121 Å². The summed E-state index contributed by atoms with van der Waals surface area (Å²) < 4.78 is 49.5. The Labute approximate surface area is 121 Å². The second-order valence-electron chi connectivity index (χ2n) is 4.08. The molecule has 0 radical (unpaired) electrons. The fourth-order valence-corrected chi connectivity index (χ4v) is 4.41. The van der Waals surface area contributed by atoms with Crippen LogP contribution in [0.15, 0.2) is 58.3 Å². The van der Waals surface area contributed by atoms with Crippen LogP contribution in [0.3, 0.4) is 0 Å². The molecule has 0 fully saturated rings. The summed E-state index contributed by atoms with van der Waals surface area (Å²) in [5, 5.41) is 18.2. The van der Waals surface area contributed by atoms with Gasteiger partial charge < -0.3 is 10.2 Å². The van der Waals surface area contributed by atoms with E-state index >= 15 is 0 Å². The molecule has 0 heterocycles. The zero-order valence-corrected chi connectivity index (χ0v) is 12.1. The summed E-state index contributed by atoms with van der Waals surface area (Å²) in [6.45, 7) is 0. The third-order valence-corrected chi connectivity index (χ3v) is 6.05. The number of benzene rings is 2. The van der Waals surface area contributed by atoms with Gasteiger partial charge in [0.25, 0.3) is 20.0 Å². The van der Waals surface area contributed by atoms with Crippen LogP contribution in [0.2, 0.25) is 0 Å². The molecule has 2 aromatic rings. The van der Waals surface area contributed by atoms with Gasteiger partial charge in [0.05, 0.1) is 9.79 Å². The van der Waals surface area contributed by atoms with Crippen LogP contribution < -0.4 is 4.13 Å². The van der Waals surface area contributed by atoms with E-state index in [0.717, 1.165) is 48.5 Å². The molecule has 112 valence electrons. The maximum atomic E-state index is 12.0. The van der Waals surface area contributed by atoms with Gasteiger partial charge in [-0.3, -0.25) is 0 Å². The van der Waals surface area contributed by atoms with Crippen molar-refractivity contribution >= 4 is 20.0 Å². The predicted molar refractivity (Wildman–Crippen MR) is 73.7 cm³/mol. The molecule has 0 amide bonds. The van der Waals surface area contributed by atoms with Gasteiger partial charge in [-0.25, -0.2) is 16.8 Å². The first-order valence-electron chi connectivity index (χ1n) is 5.57. The highest BCUT2D eigenvalue weighted by Gasteiger charge is 2.24. The van der Waals surface area contributed by atoms with Crippen LogP contribution in [0.4, 0.5) is 0 Å². The summed E-state index contributed by atoms with van der Waals surface area (Å²) in [6.07, 6.45) is 0. The quantitative estimate of drug-likeness (QED) is 0.762. The van der Waals surface area contributed by atoms with E-state index in [2.05, 4.69) is 0 Å². The Balaban J connectivity index is 2.35. The number of hydrogen-bond acceptors (Lipinski definition) is 6. The molecule has 0 saturated carbocycles. The number of aromatic hydroxyl groups is 2. The summed E-state index contributed by atoms with van der Waals surface area (Å²) in [5.41, 5.74) is 0. The molecule has 0 aliphatic heterocycles. The monoisotopic (exact) mass is 329 g/mol. The van der Waals surface area contributed by atoms with Crippen molar-refractivity contribution in [3.63, 3.8) is 0 Å². The second-order valence-corrected chi connectivity index (χ2v) is 7.70. The van der Waals surface area contributed by atoms with Gasteiger partial charge in [-0.15, -0.1) is 4.13 Å². The molecule has 0 saturated heterocycles. The van der Waals surface area contributed by atoms with Crippen molar-refractivity contribution in [1.82, 2.24) is 4.13 Å². The van der Waals surface area contributed by atoms with Gasteiger partial charge >= 0.3 is 0 Å². The lowest BCUT2D eigenvalue weighted by Crippen LogP contribution is -2.30. The van der Waals surface area contributed by atoms with Crippen LogP contribution in [-0.2, 0) is 20.0 Å². The van der Waals surface area contributed by atoms with E-state index in [9.17, 15) is 16.8 Å². The molecule has 0 bridgehead atoms. The van der Waals surface area contributed by atoms with E-state index in [1.807, 2.05) is 0 Å². The standard InChI is InChI=1S/C12H11NO6S2/c14-9-1-5-11(6-2-9)20(16,17)13-21(18,19)12-7-3-10(15)4-8-12/h1-8,13-15H. The number of nitrogens with one attached hydrogen (secondary N) is 1. The molecular weight excluding hydrogens is 318 g/mol. The molecule has 0 aliphatic carbocycles. The average Bonchev–Trinajstić information content (AvgIpc) is 2.38. The first kappa shape index (κ1) is 15.3. The van der Waals surface area contributed by atoms with Gasteiger partial charge in [0, 0.05) is 0 Å². The Morgan fingerprint density at radius 1 is 0.619 bits per heavy atom. The summed E-state index contributed by atoms with van der Waals surface area (Å²) in [4.78, 5) is -0.606. The van der Waals surface area contributed by atoms with Crippen LogP contribution in [0.25, 0.3) is 0 Å². The normalized spacial score (nSPS) is 12.2. The van der Waals surface area contributed by atoms with Crippen LogP contribution in [0.5, 0.6) is 11.5 Å². The highest BCUT2D eigenvalue weighted by atomic mass is 32.3. The molecule has 3 N–H and O–H groups in total. The number of hydrogen-bond donors (Lipinski definition) is 3. The Morgan fingerprint density at radius 2 is 0.905 bits per heavy atom. The number of phenolic OH excluding ortho intramolecular Hbond substituents is 2. The van der Waals surface area contributed by atoms with Crippen molar-refractivity contribution in [3.8, 4) is 11.5 Å². The molecule has 0 aromatic heterocycles. The number of phenols is 2. The summed E-state index contributed by atoms with van der Waals surface area (Å²) in [7, 11) is -8.61. The molecule has 7 nitrogen and oxygen atoms in total. The lowest BCUT2D eigenvalue weighted by molar-refractivity contribution is 0.474. The van der Waals surface area contributed by atoms with E-state index < -0.39 is 20.0 Å². The van der Waals surface area contributed by atoms with Crippen LogP contribution in [0, 0.1) is 0 Å². The highest BCUT2D eigenvalue weighted by Crippen LogP contribution is 2.18. The van der Waals surface area contributed by atoms with Gasteiger partial charge in [-0.2, -0.15) is 0 Å². The lowest BCUT2D eigenvalue weighted by atomic mass is 10.3. The van der Waals surface area contributed by atoms with E-state index in [1.165, 1.54) is 0 Å². The van der Waals surface area contributed by atoms with E-state index in [-0.39, 0.29) is 21.3 Å². The minimum atomic E-state index is -4.30. The second kappa shape index (κ2) is 5.35. The van der Waals surface area contributed by atoms with Crippen molar-refractivity contribution in [3.05, 3.63) is 48.5 Å². The van der Waals surface area contributed by atoms with E-state index in [1.54, 1.807) is 4.13 Å². The Bertz CT molecular complexity index is 766. The van der Waals surface area contributed by atoms with E-state index in [0.29, 0.717) is 0 Å². The zero-order valence-electron chi connectivity index (χ0n) is 10.5. The Kier molecular flexibility index (Phi) is 3.90. The third kappa shape index (κ3) is 3.51. The third-order valence-electron chi connectivity index (χ3n) is 2.51. The molecule has 0 unspecified atom stereocenters. The molecular formula is C12H11NO6S2. The van der Waals surface area contributed by atoms with Crippen molar-refractivity contribution in [2.45, 2.75) is 9.79 Å². The van der Waals surface area contributed by atoms with Gasteiger partial charge in [0.15, 0.2) is 0 Å². The summed E-state index contributed by atoms with van der Waals surface area (Å²) >= 11 is 0. The van der Waals surface area contributed by atoms with Crippen LogP contribution >= 0.6 is 0 Å². The molecule has 2 aromatic carbocycles. The Hall–Kier alpha value is -2.10. The number of rotatable bonds is 4. The van der Waals surface area contributed by atoms with Crippen LogP contribution in [-0.4, -0.2) is 27.0 Å². The van der Waals surface area contributed by atoms with E-state index in [4.69, 9.17) is 10.2 Å². The largest absolute Gasteiger partial charge is 0.508 e.